The Morgan fingerprint density at radius 2 is 1.92 bits per heavy atom. The SMILES string of the molecule is CNC(=O)CNCC(=O)Nc1cc(C(F)(F)F)ccc1-n1cncn1. The van der Waals surface area contributed by atoms with E-state index in [1.807, 2.05) is 0 Å². The van der Waals surface area contributed by atoms with E-state index in [1.165, 1.54) is 30.5 Å². The van der Waals surface area contributed by atoms with Crippen LogP contribution < -0.4 is 16.0 Å². The van der Waals surface area contributed by atoms with E-state index in [0.717, 1.165) is 12.1 Å². The van der Waals surface area contributed by atoms with Crippen LogP contribution in [0, 0.1) is 0 Å². The van der Waals surface area contributed by atoms with Crippen molar-refractivity contribution in [3.8, 4) is 5.69 Å². The summed E-state index contributed by atoms with van der Waals surface area (Å²) in [6.07, 6.45) is -2.05. The summed E-state index contributed by atoms with van der Waals surface area (Å²) in [4.78, 5) is 26.7. The van der Waals surface area contributed by atoms with Gasteiger partial charge in [0.2, 0.25) is 11.8 Å². The third-order valence-corrected chi connectivity index (χ3v) is 3.11. The van der Waals surface area contributed by atoms with Crippen LogP contribution >= 0.6 is 0 Å². The number of amides is 2. The Kier molecular flexibility index (Phi) is 5.70. The Balaban J connectivity index is 2.18. The highest BCUT2D eigenvalue weighted by atomic mass is 19.4. The maximum absolute atomic E-state index is 12.9. The molecule has 0 unspecified atom stereocenters. The van der Waals surface area contributed by atoms with Crippen LogP contribution in [0.2, 0.25) is 0 Å². The fourth-order valence-electron chi connectivity index (χ4n) is 1.92. The maximum Gasteiger partial charge on any atom is 0.416 e. The molecule has 0 saturated heterocycles. The van der Waals surface area contributed by atoms with E-state index in [2.05, 4.69) is 26.0 Å². The van der Waals surface area contributed by atoms with Gasteiger partial charge in [-0.05, 0) is 18.2 Å². The van der Waals surface area contributed by atoms with E-state index < -0.39 is 17.6 Å². The number of benzene rings is 1. The third kappa shape index (κ3) is 5.01. The van der Waals surface area contributed by atoms with Gasteiger partial charge in [0.25, 0.3) is 0 Å². The van der Waals surface area contributed by atoms with Gasteiger partial charge in [0, 0.05) is 7.05 Å². The first-order chi connectivity index (χ1) is 11.8. The minimum atomic E-state index is -4.56. The predicted octanol–water partition coefficient (Wildman–Crippen LogP) is 0.560. The van der Waals surface area contributed by atoms with E-state index >= 15 is 0 Å². The van der Waals surface area contributed by atoms with Crippen molar-refractivity contribution in [3.63, 3.8) is 0 Å². The fraction of sp³-hybridized carbons (Fsp3) is 0.286. The van der Waals surface area contributed by atoms with Gasteiger partial charge in [-0.15, -0.1) is 0 Å². The van der Waals surface area contributed by atoms with Crippen molar-refractivity contribution in [1.82, 2.24) is 25.4 Å². The minimum Gasteiger partial charge on any atom is -0.358 e. The average Bonchev–Trinajstić information content (AvgIpc) is 3.08. The molecule has 0 aliphatic carbocycles. The van der Waals surface area contributed by atoms with Gasteiger partial charge in [-0.3, -0.25) is 14.9 Å². The molecule has 25 heavy (non-hydrogen) atoms. The van der Waals surface area contributed by atoms with Crippen molar-refractivity contribution in [2.45, 2.75) is 6.18 Å². The number of hydrogen-bond donors (Lipinski definition) is 3. The molecule has 0 aliphatic rings. The van der Waals surface area contributed by atoms with Crippen LogP contribution in [0.5, 0.6) is 0 Å². The van der Waals surface area contributed by atoms with Gasteiger partial charge in [0.05, 0.1) is 30.0 Å². The lowest BCUT2D eigenvalue weighted by atomic mass is 10.1. The van der Waals surface area contributed by atoms with E-state index in [-0.39, 0.29) is 30.4 Å². The van der Waals surface area contributed by atoms with Crippen molar-refractivity contribution < 1.29 is 22.8 Å². The molecule has 1 aromatic heterocycles. The topological polar surface area (TPSA) is 101 Å². The summed E-state index contributed by atoms with van der Waals surface area (Å²) in [7, 11) is 1.44. The molecule has 1 heterocycles. The highest BCUT2D eigenvalue weighted by molar-refractivity contribution is 5.94. The van der Waals surface area contributed by atoms with Crippen molar-refractivity contribution >= 4 is 17.5 Å². The number of hydrogen-bond acceptors (Lipinski definition) is 5. The van der Waals surface area contributed by atoms with E-state index in [4.69, 9.17) is 0 Å². The summed E-state index contributed by atoms with van der Waals surface area (Å²) in [5.74, 6) is -0.931. The largest absolute Gasteiger partial charge is 0.416 e. The smallest absolute Gasteiger partial charge is 0.358 e. The lowest BCUT2D eigenvalue weighted by Gasteiger charge is -2.14. The predicted molar refractivity (Wildman–Crippen MR) is 81.9 cm³/mol. The molecule has 0 saturated carbocycles. The number of carbonyl (C=O) groups is 2. The first-order valence-corrected chi connectivity index (χ1v) is 7.08. The van der Waals surface area contributed by atoms with Crippen LogP contribution in [0.4, 0.5) is 18.9 Å². The molecule has 0 fully saturated rings. The second-order valence-corrected chi connectivity index (χ2v) is 4.89. The molecular weight excluding hydrogens is 341 g/mol. The first kappa shape index (κ1) is 18.4. The Morgan fingerprint density at radius 3 is 2.52 bits per heavy atom. The average molecular weight is 356 g/mol. The third-order valence-electron chi connectivity index (χ3n) is 3.11. The quantitative estimate of drug-likeness (QED) is 0.702. The molecule has 2 amide bonds. The van der Waals surface area contributed by atoms with E-state index in [0.29, 0.717) is 0 Å². The molecule has 11 heteroatoms. The van der Waals surface area contributed by atoms with Gasteiger partial charge in [-0.1, -0.05) is 0 Å². The Bertz CT molecular complexity index is 746. The highest BCUT2D eigenvalue weighted by Gasteiger charge is 2.31. The van der Waals surface area contributed by atoms with E-state index in [9.17, 15) is 22.8 Å². The number of likely N-dealkylation sites (N-methyl/N-ethyl adjacent to an activating group) is 1. The molecule has 2 aromatic rings. The first-order valence-electron chi connectivity index (χ1n) is 7.08. The van der Waals surface area contributed by atoms with Crippen molar-refractivity contribution in [2.24, 2.45) is 0 Å². The van der Waals surface area contributed by atoms with E-state index in [1.54, 1.807) is 0 Å². The van der Waals surface area contributed by atoms with Crippen LogP contribution in [0.15, 0.2) is 30.9 Å². The second-order valence-electron chi connectivity index (χ2n) is 4.89. The van der Waals surface area contributed by atoms with Gasteiger partial charge in [-0.2, -0.15) is 18.3 Å². The fourth-order valence-corrected chi connectivity index (χ4v) is 1.92. The van der Waals surface area contributed by atoms with Gasteiger partial charge in [-0.25, -0.2) is 9.67 Å². The number of aromatic nitrogens is 3. The second kappa shape index (κ2) is 7.75. The van der Waals surface area contributed by atoms with Gasteiger partial charge >= 0.3 is 6.18 Å². The Morgan fingerprint density at radius 1 is 1.20 bits per heavy atom. The Labute approximate surface area is 140 Å². The van der Waals surface area contributed by atoms with Gasteiger partial charge < -0.3 is 10.6 Å². The van der Waals surface area contributed by atoms with Crippen LogP contribution in [0.25, 0.3) is 5.69 Å². The summed E-state index contributed by atoms with van der Waals surface area (Å²) in [5.41, 5.74) is -0.762. The zero-order chi connectivity index (χ0) is 18.4. The normalized spacial score (nSPS) is 11.2. The van der Waals surface area contributed by atoms with Crippen molar-refractivity contribution in [3.05, 3.63) is 36.4 Å². The number of carbonyl (C=O) groups excluding carboxylic acids is 2. The monoisotopic (exact) mass is 356 g/mol. The summed E-state index contributed by atoms with van der Waals surface area (Å²) in [6, 6.07) is 2.88. The van der Waals surface area contributed by atoms with Crippen LogP contribution in [-0.4, -0.2) is 46.7 Å². The van der Waals surface area contributed by atoms with Crippen LogP contribution in [0.3, 0.4) is 0 Å². The number of halogens is 3. The lowest BCUT2D eigenvalue weighted by Crippen LogP contribution is -2.36. The summed E-state index contributed by atoms with van der Waals surface area (Å²) < 4.78 is 39.9. The molecular formula is C14H15F3N6O2. The molecule has 2 rings (SSSR count). The van der Waals surface area contributed by atoms with Crippen LogP contribution in [0.1, 0.15) is 5.56 Å². The molecule has 0 radical (unpaired) electrons. The van der Waals surface area contributed by atoms with Crippen molar-refractivity contribution in [1.29, 1.82) is 0 Å². The molecule has 0 bridgehead atoms. The number of nitrogens with zero attached hydrogens (tertiary/aromatic N) is 3. The summed E-state index contributed by atoms with van der Waals surface area (Å²) in [6.45, 7) is -0.344. The zero-order valence-corrected chi connectivity index (χ0v) is 13.1. The molecule has 3 N–H and O–H groups in total. The number of nitrogens with one attached hydrogen (secondary N) is 3. The number of anilines is 1. The molecule has 1 aromatic carbocycles. The molecule has 8 nitrogen and oxygen atoms in total. The molecule has 134 valence electrons. The lowest BCUT2D eigenvalue weighted by molar-refractivity contribution is -0.137. The molecule has 0 aliphatic heterocycles. The summed E-state index contributed by atoms with van der Waals surface area (Å²) >= 11 is 0. The highest BCUT2D eigenvalue weighted by Crippen LogP contribution is 2.33. The van der Waals surface area contributed by atoms with Gasteiger partial charge in [0.1, 0.15) is 12.7 Å². The number of rotatable bonds is 6. The van der Waals surface area contributed by atoms with Crippen LogP contribution in [-0.2, 0) is 15.8 Å². The van der Waals surface area contributed by atoms with Gasteiger partial charge in [0.15, 0.2) is 0 Å². The standard InChI is InChI=1S/C14H15F3N6O2/c1-18-12(24)5-19-6-13(25)22-10-4-9(14(15,16)17)2-3-11(10)23-8-20-7-21-23/h2-4,7-8,19H,5-6H2,1H3,(H,18,24)(H,22,25). The Hall–Kier alpha value is -2.95. The molecule has 0 spiro atoms. The number of alkyl halides is 3. The molecule has 0 atom stereocenters. The van der Waals surface area contributed by atoms with Crippen molar-refractivity contribution in [2.75, 3.05) is 25.5 Å². The maximum atomic E-state index is 12.9. The summed E-state index contributed by atoms with van der Waals surface area (Å²) in [5, 5.41) is 11.2. The zero-order valence-electron chi connectivity index (χ0n) is 13.1. The minimum absolute atomic E-state index is 0.0768.